The molecule has 1 rings (SSSR count). The van der Waals surface area contributed by atoms with E-state index in [9.17, 15) is 4.79 Å². The molecule has 5 nitrogen and oxygen atoms in total. The van der Waals surface area contributed by atoms with Gasteiger partial charge in [0.15, 0.2) is 0 Å². The van der Waals surface area contributed by atoms with Gasteiger partial charge in [-0.2, -0.15) is 0 Å². The van der Waals surface area contributed by atoms with E-state index in [-0.39, 0.29) is 6.61 Å². The van der Waals surface area contributed by atoms with Gasteiger partial charge in [-0.1, -0.05) is 12.7 Å². The van der Waals surface area contributed by atoms with Gasteiger partial charge >= 0.3 is 6.09 Å². The summed E-state index contributed by atoms with van der Waals surface area (Å²) in [5.74, 6) is 0. The number of aromatic nitrogens is 1. The molecule has 3 N–H and O–H groups in total. The highest BCUT2D eigenvalue weighted by molar-refractivity contribution is 7.09. The second-order valence-corrected chi connectivity index (χ2v) is 3.62. The van der Waals surface area contributed by atoms with Crippen molar-refractivity contribution in [1.82, 2.24) is 10.3 Å². The van der Waals surface area contributed by atoms with E-state index in [4.69, 9.17) is 10.5 Å². The van der Waals surface area contributed by atoms with Crippen molar-refractivity contribution in [3.63, 3.8) is 0 Å². The molecule has 0 bridgehead atoms. The zero-order valence-electron chi connectivity index (χ0n) is 8.23. The monoisotopic (exact) mass is 227 g/mol. The predicted molar refractivity (Wildman–Crippen MR) is 58.4 cm³/mol. The molecule has 0 aromatic carbocycles. The second-order valence-electron chi connectivity index (χ2n) is 2.68. The van der Waals surface area contributed by atoms with Gasteiger partial charge in [0.2, 0.25) is 0 Å². The van der Waals surface area contributed by atoms with Crippen LogP contribution in [0.3, 0.4) is 0 Å². The number of rotatable bonds is 5. The number of amides is 1. The quantitative estimate of drug-likeness (QED) is 0.736. The van der Waals surface area contributed by atoms with Gasteiger partial charge in [-0.25, -0.2) is 9.78 Å². The molecule has 15 heavy (non-hydrogen) atoms. The van der Waals surface area contributed by atoms with E-state index in [1.165, 1.54) is 17.4 Å². The second kappa shape index (κ2) is 6.15. The van der Waals surface area contributed by atoms with E-state index in [1.807, 2.05) is 5.38 Å². The third-order valence-electron chi connectivity index (χ3n) is 1.52. The Balaban J connectivity index is 2.30. The first-order valence-electron chi connectivity index (χ1n) is 4.41. The van der Waals surface area contributed by atoms with Gasteiger partial charge < -0.3 is 15.8 Å². The van der Waals surface area contributed by atoms with Crippen LogP contribution in [0.5, 0.6) is 0 Å². The van der Waals surface area contributed by atoms with Gasteiger partial charge in [0.25, 0.3) is 0 Å². The van der Waals surface area contributed by atoms with Gasteiger partial charge in [0.05, 0.1) is 12.2 Å². The molecular formula is C9H13N3O2S. The summed E-state index contributed by atoms with van der Waals surface area (Å²) in [7, 11) is 0. The SMILES string of the molecule is C=CCOC(=O)NCc1csc(CN)n1. The third-order valence-corrected chi connectivity index (χ3v) is 2.44. The van der Waals surface area contributed by atoms with E-state index in [0.29, 0.717) is 13.1 Å². The summed E-state index contributed by atoms with van der Waals surface area (Å²) < 4.78 is 4.73. The smallest absolute Gasteiger partial charge is 0.407 e. The summed E-state index contributed by atoms with van der Waals surface area (Å²) in [4.78, 5) is 15.2. The molecule has 0 fully saturated rings. The highest BCUT2D eigenvalue weighted by Gasteiger charge is 2.03. The highest BCUT2D eigenvalue weighted by Crippen LogP contribution is 2.08. The van der Waals surface area contributed by atoms with Crippen LogP contribution < -0.4 is 11.1 Å². The van der Waals surface area contributed by atoms with Crippen LogP contribution in [0.15, 0.2) is 18.0 Å². The van der Waals surface area contributed by atoms with E-state index in [0.717, 1.165) is 10.7 Å². The first-order valence-corrected chi connectivity index (χ1v) is 5.29. The van der Waals surface area contributed by atoms with E-state index < -0.39 is 6.09 Å². The summed E-state index contributed by atoms with van der Waals surface area (Å²) in [5, 5.41) is 5.28. The number of nitrogens with two attached hydrogens (primary N) is 1. The first-order chi connectivity index (χ1) is 7.26. The van der Waals surface area contributed by atoms with E-state index >= 15 is 0 Å². The number of nitrogens with zero attached hydrogens (tertiary/aromatic N) is 1. The molecule has 0 saturated heterocycles. The molecule has 1 heterocycles. The minimum Gasteiger partial charge on any atom is -0.445 e. The Morgan fingerprint density at radius 2 is 2.60 bits per heavy atom. The predicted octanol–water partition coefficient (Wildman–Crippen LogP) is 1.01. The largest absolute Gasteiger partial charge is 0.445 e. The summed E-state index contributed by atoms with van der Waals surface area (Å²) >= 11 is 1.47. The van der Waals surface area contributed by atoms with Crippen LogP contribution in [-0.2, 0) is 17.8 Å². The van der Waals surface area contributed by atoms with Gasteiger partial charge in [-0.05, 0) is 0 Å². The molecule has 1 aromatic rings. The van der Waals surface area contributed by atoms with Crippen LogP contribution in [0, 0.1) is 0 Å². The van der Waals surface area contributed by atoms with Crippen molar-refractivity contribution in [1.29, 1.82) is 0 Å². The molecule has 6 heteroatoms. The van der Waals surface area contributed by atoms with Crippen molar-refractivity contribution in [2.75, 3.05) is 6.61 Å². The zero-order valence-corrected chi connectivity index (χ0v) is 9.05. The number of thiazole rings is 1. The first kappa shape index (κ1) is 11.7. The average Bonchev–Trinajstić information content (AvgIpc) is 2.71. The van der Waals surface area contributed by atoms with Crippen molar-refractivity contribution in [3.8, 4) is 0 Å². The third kappa shape index (κ3) is 4.09. The standard InChI is InChI=1S/C9H13N3O2S/c1-2-3-14-9(13)11-5-7-6-15-8(4-10)12-7/h2,6H,1,3-5,10H2,(H,11,13). The average molecular weight is 227 g/mol. The molecule has 1 aromatic heterocycles. The van der Waals surface area contributed by atoms with Gasteiger partial charge in [0.1, 0.15) is 11.6 Å². The minimum absolute atomic E-state index is 0.205. The molecule has 0 aliphatic carbocycles. The molecule has 0 atom stereocenters. The number of alkyl carbamates (subject to hydrolysis) is 1. The molecule has 1 amide bonds. The number of hydrogen-bond acceptors (Lipinski definition) is 5. The maximum Gasteiger partial charge on any atom is 0.407 e. The summed E-state index contributed by atoms with van der Waals surface area (Å²) in [6.45, 7) is 4.42. The molecular weight excluding hydrogens is 214 g/mol. The van der Waals surface area contributed by atoms with Gasteiger partial charge in [-0.15, -0.1) is 11.3 Å². The Morgan fingerprint density at radius 3 is 3.20 bits per heavy atom. The Labute approximate surface area is 92.0 Å². The maximum atomic E-state index is 11.0. The highest BCUT2D eigenvalue weighted by atomic mass is 32.1. The summed E-state index contributed by atoms with van der Waals surface area (Å²) in [6, 6.07) is 0. The number of carbonyl (C=O) groups is 1. The maximum absolute atomic E-state index is 11.0. The van der Waals surface area contributed by atoms with Gasteiger partial charge in [-0.3, -0.25) is 0 Å². The van der Waals surface area contributed by atoms with Crippen molar-refractivity contribution in [2.24, 2.45) is 5.73 Å². The lowest BCUT2D eigenvalue weighted by Gasteiger charge is -2.02. The fourth-order valence-electron chi connectivity index (χ4n) is 0.872. The van der Waals surface area contributed by atoms with Crippen LogP contribution in [0.4, 0.5) is 4.79 Å². The zero-order chi connectivity index (χ0) is 11.1. The normalized spacial score (nSPS) is 9.67. The van der Waals surface area contributed by atoms with E-state index in [2.05, 4.69) is 16.9 Å². The Morgan fingerprint density at radius 1 is 1.80 bits per heavy atom. The molecule has 0 saturated carbocycles. The molecule has 82 valence electrons. The number of nitrogens with one attached hydrogen (secondary N) is 1. The molecule has 0 radical (unpaired) electrons. The molecule has 0 unspecified atom stereocenters. The Kier molecular flexibility index (Phi) is 4.79. The molecule has 0 aliphatic heterocycles. The van der Waals surface area contributed by atoms with Crippen LogP contribution in [0.25, 0.3) is 0 Å². The Bertz CT molecular complexity index is 338. The molecule has 0 aliphatic rings. The lowest BCUT2D eigenvalue weighted by Crippen LogP contribution is -2.23. The fraction of sp³-hybridized carbons (Fsp3) is 0.333. The van der Waals surface area contributed by atoms with Crippen LogP contribution in [-0.4, -0.2) is 17.7 Å². The lowest BCUT2D eigenvalue weighted by atomic mass is 10.5. The Hall–Kier alpha value is -1.40. The van der Waals surface area contributed by atoms with Gasteiger partial charge in [0, 0.05) is 11.9 Å². The summed E-state index contributed by atoms with van der Waals surface area (Å²) in [6.07, 6.45) is 1.03. The topological polar surface area (TPSA) is 77.2 Å². The number of ether oxygens (including phenoxy) is 1. The number of hydrogen-bond donors (Lipinski definition) is 2. The van der Waals surface area contributed by atoms with Crippen molar-refractivity contribution >= 4 is 17.4 Å². The van der Waals surface area contributed by atoms with Crippen LogP contribution in [0.1, 0.15) is 10.7 Å². The molecule has 0 spiro atoms. The van der Waals surface area contributed by atoms with Crippen LogP contribution >= 0.6 is 11.3 Å². The lowest BCUT2D eigenvalue weighted by molar-refractivity contribution is 0.157. The van der Waals surface area contributed by atoms with E-state index in [1.54, 1.807) is 0 Å². The number of carbonyl (C=O) groups excluding carboxylic acids is 1. The fourth-order valence-corrected chi connectivity index (χ4v) is 1.55. The van der Waals surface area contributed by atoms with Crippen molar-refractivity contribution < 1.29 is 9.53 Å². The van der Waals surface area contributed by atoms with Crippen molar-refractivity contribution in [3.05, 3.63) is 28.7 Å². The van der Waals surface area contributed by atoms with Crippen LogP contribution in [0.2, 0.25) is 0 Å². The minimum atomic E-state index is -0.475. The van der Waals surface area contributed by atoms with Crippen molar-refractivity contribution in [2.45, 2.75) is 13.1 Å². The summed E-state index contributed by atoms with van der Waals surface area (Å²) in [5.41, 5.74) is 6.20.